The minimum atomic E-state index is -0.881. The molecule has 2 amide bonds. The number of benzene rings is 1. The maximum atomic E-state index is 13.9. The van der Waals surface area contributed by atoms with Gasteiger partial charge in [0.05, 0.1) is 5.69 Å². The van der Waals surface area contributed by atoms with Crippen LogP contribution in [0.3, 0.4) is 0 Å². The van der Waals surface area contributed by atoms with Gasteiger partial charge < -0.3 is 5.32 Å². The first-order valence-corrected chi connectivity index (χ1v) is 6.41. The Hall–Kier alpha value is -1.98. The van der Waals surface area contributed by atoms with Crippen LogP contribution >= 0.6 is 0 Å². The molecule has 1 fully saturated rings. The molecule has 0 saturated carbocycles. The van der Waals surface area contributed by atoms with E-state index in [0.717, 1.165) is 23.1 Å². The van der Waals surface area contributed by atoms with Gasteiger partial charge in [-0.1, -0.05) is 13.8 Å². The Morgan fingerprint density at radius 2 is 1.90 bits per heavy atom. The Morgan fingerprint density at radius 3 is 2.50 bits per heavy atom. The number of halogens is 2. The minimum Gasteiger partial charge on any atom is -0.342 e. The third-order valence-corrected chi connectivity index (χ3v) is 3.40. The molecule has 1 aromatic rings. The van der Waals surface area contributed by atoms with E-state index < -0.39 is 29.6 Å². The summed E-state index contributed by atoms with van der Waals surface area (Å²) in [6, 6.07) is 1.23. The zero-order chi connectivity index (χ0) is 15.0. The van der Waals surface area contributed by atoms with Crippen molar-refractivity contribution in [1.82, 2.24) is 5.32 Å². The van der Waals surface area contributed by atoms with Gasteiger partial charge in [-0.3, -0.25) is 14.5 Å². The van der Waals surface area contributed by atoms with Gasteiger partial charge in [0.1, 0.15) is 23.7 Å². The average Bonchev–Trinajstić information content (AvgIpc) is 2.37. The first-order valence-electron chi connectivity index (χ1n) is 6.41. The molecule has 108 valence electrons. The van der Waals surface area contributed by atoms with Crippen LogP contribution < -0.4 is 10.2 Å². The fraction of sp³-hybridized carbons (Fsp3) is 0.429. The second-order valence-corrected chi connectivity index (χ2v) is 5.21. The smallest absolute Gasteiger partial charge is 0.250 e. The lowest BCUT2D eigenvalue weighted by molar-refractivity contribution is -0.134. The number of hydrogen-bond donors (Lipinski definition) is 1. The zero-order valence-corrected chi connectivity index (χ0v) is 11.5. The highest BCUT2D eigenvalue weighted by Crippen LogP contribution is 2.27. The maximum absolute atomic E-state index is 13.9. The summed E-state index contributed by atoms with van der Waals surface area (Å²) in [5.41, 5.74) is -0.206. The zero-order valence-electron chi connectivity index (χ0n) is 11.5. The van der Waals surface area contributed by atoms with Crippen molar-refractivity contribution in [3.63, 3.8) is 0 Å². The molecule has 0 aromatic heterocycles. The van der Waals surface area contributed by atoms with Crippen LogP contribution in [0.15, 0.2) is 18.2 Å². The Balaban J connectivity index is 2.48. The van der Waals surface area contributed by atoms with Crippen LogP contribution in [-0.4, -0.2) is 23.9 Å². The number of carbonyl (C=O) groups excluding carboxylic acids is 2. The lowest BCUT2D eigenvalue weighted by atomic mass is 9.97. The van der Waals surface area contributed by atoms with Crippen molar-refractivity contribution < 1.29 is 18.4 Å². The number of nitrogens with zero attached hydrogens (tertiary/aromatic N) is 1. The van der Waals surface area contributed by atoms with Gasteiger partial charge in [0.2, 0.25) is 5.91 Å². The molecule has 6 heteroatoms. The van der Waals surface area contributed by atoms with E-state index in [1.54, 1.807) is 13.8 Å². The van der Waals surface area contributed by atoms with Gasteiger partial charge in [0.25, 0.3) is 5.91 Å². The van der Waals surface area contributed by atoms with E-state index in [9.17, 15) is 18.4 Å². The summed E-state index contributed by atoms with van der Waals surface area (Å²) in [6.45, 7) is 5.03. The van der Waals surface area contributed by atoms with Crippen molar-refractivity contribution in [3.8, 4) is 0 Å². The van der Waals surface area contributed by atoms with Gasteiger partial charge in [-0.05, 0) is 25.0 Å². The van der Waals surface area contributed by atoms with Crippen molar-refractivity contribution in [2.45, 2.75) is 32.9 Å². The molecule has 1 aromatic carbocycles. The molecule has 20 heavy (non-hydrogen) atoms. The standard InChI is InChI=1S/C14H16F2N2O2/c1-7(2)12-14(20)18(8(3)13(19)17-12)11-6-9(15)4-5-10(11)16/h4-8,12H,1-3H3,(H,17,19). The lowest BCUT2D eigenvalue weighted by Gasteiger charge is -2.38. The van der Waals surface area contributed by atoms with Gasteiger partial charge in [-0.2, -0.15) is 0 Å². The number of hydrogen-bond acceptors (Lipinski definition) is 2. The third-order valence-electron chi connectivity index (χ3n) is 3.40. The molecule has 0 aliphatic carbocycles. The number of carbonyl (C=O) groups is 2. The van der Waals surface area contributed by atoms with Gasteiger partial charge in [-0.25, -0.2) is 8.78 Å². The highest BCUT2D eigenvalue weighted by molar-refractivity contribution is 6.08. The van der Waals surface area contributed by atoms with Gasteiger partial charge in [-0.15, -0.1) is 0 Å². The number of anilines is 1. The number of amides is 2. The predicted molar refractivity (Wildman–Crippen MR) is 70.1 cm³/mol. The summed E-state index contributed by atoms with van der Waals surface area (Å²) >= 11 is 0. The fourth-order valence-corrected chi connectivity index (χ4v) is 2.24. The highest BCUT2D eigenvalue weighted by atomic mass is 19.1. The molecular weight excluding hydrogens is 266 g/mol. The Bertz CT molecular complexity index is 560. The first kappa shape index (κ1) is 14.4. The quantitative estimate of drug-likeness (QED) is 0.900. The molecule has 1 heterocycles. The average molecular weight is 282 g/mol. The summed E-state index contributed by atoms with van der Waals surface area (Å²) in [5, 5.41) is 2.60. The normalized spacial score (nSPS) is 23.2. The molecule has 0 bridgehead atoms. The van der Waals surface area contributed by atoms with Crippen molar-refractivity contribution in [2.75, 3.05) is 4.90 Å². The second kappa shape index (κ2) is 5.19. The maximum Gasteiger partial charge on any atom is 0.250 e. The second-order valence-electron chi connectivity index (χ2n) is 5.21. The van der Waals surface area contributed by atoms with Crippen LogP contribution in [0.1, 0.15) is 20.8 Å². The summed E-state index contributed by atoms with van der Waals surface area (Å²) in [6.07, 6.45) is 0. The molecular formula is C14H16F2N2O2. The SMILES string of the molecule is CC(C)C1NC(=O)C(C)N(c2cc(F)ccc2F)C1=O. The van der Waals surface area contributed by atoms with E-state index in [1.165, 1.54) is 6.92 Å². The Kier molecular flexibility index (Phi) is 3.74. The van der Waals surface area contributed by atoms with Gasteiger partial charge >= 0.3 is 0 Å². The highest BCUT2D eigenvalue weighted by Gasteiger charge is 2.41. The summed E-state index contributed by atoms with van der Waals surface area (Å²) in [5.74, 6) is -2.35. The van der Waals surface area contributed by atoms with Crippen molar-refractivity contribution in [2.24, 2.45) is 5.92 Å². The van der Waals surface area contributed by atoms with Crippen LogP contribution in [0.4, 0.5) is 14.5 Å². The van der Waals surface area contributed by atoms with E-state index in [0.29, 0.717) is 0 Å². The van der Waals surface area contributed by atoms with E-state index in [-0.39, 0.29) is 17.5 Å². The Labute approximate surface area is 115 Å². The molecule has 0 spiro atoms. The minimum absolute atomic E-state index is 0.141. The molecule has 1 aliphatic rings. The largest absolute Gasteiger partial charge is 0.342 e. The van der Waals surface area contributed by atoms with Crippen molar-refractivity contribution in [3.05, 3.63) is 29.8 Å². The molecule has 2 atom stereocenters. The Morgan fingerprint density at radius 1 is 1.25 bits per heavy atom. The summed E-state index contributed by atoms with van der Waals surface area (Å²) in [7, 11) is 0. The molecule has 2 unspecified atom stereocenters. The van der Waals surface area contributed by atoms with Crippen LogP contribution in [0.2, 0.25) is 0 Å². The van der Waals surface area contributed by atoms with Crippen LogP contribution in [0.25, 0.3) is 0 Å². The van der Waals surface area contributed by atoms with E-state index in [4.69, 9.17) is 0 Å². The van der Waals surface area contributed by atoms with E-state index in [1.807, 2.05) is 0 Å². The van der Waals surface area contributed by atoms with Crippen molar-refractivity contribution >= 4 is 17.5 Å². The fourth-order valence-electron chi connectivity index (χ4n) is 2.24. The molecule has 0 radical (unpaired) electrons. The molecule has 1 saturated heterocycles. The number of rotatable bonds is 2. The van der Waals surface area contributed by atoms with E-state index >= 15 is 0 Å². The molecule has 2 rings (SSSR count). The molecule has 1 N–H and O–H groups in total. The van der Waals surface area contributed by atoms with Crippen LogP contribution in [0, 0.1) is 17.6 Å². The lowest BCUT2D eigenvalue weighted by Crippen LogP contribution is -2.64. The molecule has 1 aliphatic heterocycles. The summed E-state index contributed by atoms with van der Waals surface area (Å²) in [4.78, 5) is 25.4. The monoisotopic (exact) mass is 282 g/mol. The summed E-state index contributed by atoms with van der Waals surface area (Å²) < 4.78 is 27.2. The first-order chi connectivity index (χ1) is 9.32. The van der Waals surface area contributed by atoms with Crippen molar-refractivity contribution in [1.29, 1.82) is 0 Å². The number of nitrogens with one attached hydrogen (secondary N) is 1. The van der Waals surface area contributed by atoms with Gasteiger partial charge in [0.15, 0.2) is 0 Å². The van der Waals surface area contributed by atoms with Crippen LogP contribution in [0.5, 0.6) is 0 Å². The third kappa shape index (κ3) is 2.37. The van der Waals surface area contributed by atoms with Gasteiger partial charge in [0, 0.05) is 6.07 Å². The van der Waals surface area contributed by atoms with Crippen LogP contribution in [-0.2, 0) is 9.59 Å². The topological polar surface area (TPSA) is 49.4 Å². The van der Waals surface area contributed by atoms with E-state index in [2.05, 4.69) is 5.32 Å². The predicted octanol–water partition coefficient (Wildman–Crippen LogP) is 1.84. The molecule has 4 nitrogen and oxygen atoms in total. The number of piperazine rings is 1.